The molecule has 0 aliphatic rings. The fourth-order valence-electron chi connectivity index (χ4n) is 2.00. The van der Waals surface area contributed by atoms with Gasteiger partial charge in [-0.15, -0.1) is 0 Å². The topological polar surface area (TPSA) is 43.4 Å². The third-order valence-corrected chi connectivity index (χ3v) is 2.98. The van der Waals surface area contributed by atoms with Gasteiger partial charge in [0.15, 0.2) is 0 Å². The van der Waals surface area contributed by atoms with Crippen LogP contribution >= 0.6 is 0 Å². The molecule has 0 rings (SSSR count). The van der Waals surface area contributed by atoms with Gasteiger partial charge in [-0.3, -0.25) is 9.59 Å². The summed E-state index contributed by atoms with van der Waals surface area (Å²) in [6, 6.07) is 0. The zero-order valence-corrected chi connectivity index (χ0v) is 11.1. The quantitative estimate of drug-likeness (QED) is 0.629. The zero-order valence-electron chi connectivity index (χ0n) is 11.1. The first-order valence-electron chi connectivity index (χ1n) is 6.12. The van der Waals surface area contributed by atoms with E-state index in [-0.39, 0.29) is 29.7 Å². The molecule has 0 saturated carbocycles. The van der Waals surface area contributed by atoms with Crippen molar-refractivity contribution < 1.29 is 14.3 Å². The average molecular weight is 228 g/mol. The van der Waals surface area contributed by atoms with E-state index in [1.54, 1.807) is 0 Å². The summed E-state index contributed by atoms with van der Waals surface area (Å²) >= 11 is 0. The normalized spacial score (nSPS) is 16.3. The highest BCUT2D eigenvalue weighted by Gasteiger charge is 2.22. The van der Waals surface area contributed by atoms with Crippen molar-refractivity contribution in [2.75, 3.05) is 0 Å². The van der Waals surface area contributed by atoms with Gasteiger partial charge in [-0.2, -0.15) is 0 Å². The van der Waals surface area contributed by atoms with Crippen LogP contribution in [-0.2, 0) is 14.3 Å². The number of Topliss-reactive ketones (excluding diaryl/α,β-unsaturated/α-hetero) is 1. The molecule has 0 aliphatic heterocycles. The molecule has 0 N–H and O–H groups in total. The van der Waals surface area contributed by atoms with E-state index in [1.165, 1.54) is 6.92 Å². The van der Waals surface area contributed by atoms with Crippen molar-refractivity contribution in [3.05, 3.63) is 0 Å². The Kier molecular flexibility index (Phi) is 7.02. The van der Waals surface area contributed by atoms with Crippen molar-refractivity contribution in [1.29, 1.82) is 0 Å². The van der Waals surface area contributed by atoms with Crippen LogP contribution in [0.2, 0.25) is 0 Å². The van der Waals surface area contributed by atoms with Crippen LogP contribution in [0.5, 0.6) is 0 Å². The molecule has 0 radical (unpaired) electrons. The Morgan fingerprint density at radius 1 is 1.19 bits per heavy atom. The summed E-state index contributed by atoms with van der Waals surface area (Å²) in [5.74, 6) is 0.335. The molecule has 0 fully saturated rings. The van der Waals surface area contributed by atoms with E-state index >= 15 is 0 Å². The third kappa shape index (κ3) is 5.29. The Balaban J connectivity index is 4.24. The van der Waals surface area contributed by atoms with Gasteiger partial charge in [0, 0.05) is 19.3 Å². The lowest BCUT2D eigenvalue weighted by Crippen LogP contribution is -2.26. The van der Waals surface area contributed by atoms with Crippen molar-refractivity contribution >= 4 is 11.8 Å². The number of hydrogen-bond acceptors (Lipinski definition) is 3. The van der Waals surface area contributed by atoms with Gasteiger partial charge in [0.1, 0.15) is 11.9 Å². The molecular formula is C13H24O3. The summed E-state index contributed by atoms with van der Waals surface area (Å²) in [5.41, 5.74) is 0. The second-order valence-electron chi connectivity index (χ2n) is 4.49. The van der Waals surface area contributed by atoms with Crippen molar-refractivity contribution in [2.24, 2.45) is 11.8 Å². The fourth-order valence-corrected chi connectivity index (χ4v) is 2.00. The van der Waals surface area contributed by atoms with Gasteiger partial charge in [0.05, 0.1) is 0 Å². The van der Waals surface area contributed by atoms with Crippen LogP contribution in [0.25, 0.3) is 0 Å². The van der Waals surface area contributed by atoms with Gasteiger partial charge in [0.2, 0.25) is 0 Å². The lowest BCUT2D eigenvalue weighted by molar-refractivity contribution is -0.149. The van der Waals surface area contributed by atoms with Gasteiger partial charge >= 0.3 is 5.97 Å². The molecule has 0 bridgehead atoms. The van der Waals surface area contributed by atoms with Crippen LogP contribution in [0, 0.1) is 11.8 Å². The number of esters is 1. The third-order valence-electron chi connectivity index (χ3n) is 2.98. The van der Waals surface area contributed by atoms with Gasteiger partial charge in [-0.25, -0.2) is 0 Å². The Bertz CT molecular complexity index is 235. The molecule has 0 heterocycles. The molecule has 16 heavy (non-hydrogen) atoms. The van der Waals surface area contributed by atoms with Gasteiger partial charge in [-0.1, -0.05) is 27.7 Å². The zero-order chi connectivity index (χ0) is 12.7. The molecule has 0 spiro atoms. The highest BCUT2D eigenvalue weighted by atomic mass is 16.5. The van der Waals surface area contributed by atoms with Crippen LogP contribution in [0.3, 0.4) is 0 Å². The average Bonchev–Trinajstić information content (AvgIpc) is 2.23. The van der Waals surface area contributed by atoms with Crippen molar-refractivity contribution in [2.45, 2.75) is 60.0 Å². The van der Waals surface area contributed by atoms with Crippen LogP contribution in [0.4, 0.5) is 0 Å². The van der Waals surface area contributed by atoms with Gasteiger partial charge in [0.25, 0.3) is 0 Å². The predicted molar refractivity (Wildman–Crippen MR) is 64.1 cm³/mol. The maximum atomic E-state index is 11.5. The Morgan fingerprint density at radius 3 is 2.12 bits per heavy atom. The number of carbonyl (C=O) groups excluding carboxylic acids is 2. The van der Waals surface area contributed by atoms with Crippen molar-refractivity contribution in [3.8, 4) is 0 Å². The van der Waals surface area contributed by atoms with E-state index in [9.17, 15) is 9.59 Å². The number of hydrogen-bond donors (Lipinski definition) is 0. The second-order valence-corrected chi connectivity index (χ2v) is 4.49. The van der Waals surface area contributed by atoms with E-state index in [0.29, 0.717) is 6.42 Å². The lowest BCUT2D eigenvalue weighted by atomic mass is 9.88. The van der Waals surface area contributed by atoms with Crippen molar-refractivity contribution in [3.63, 3.8) is 0 Å². The van der Waals surface area contributed by atoms with Crippen LogP contribution in [0.1, 0.15) is 53.9 Å². The minimum atomic E-state index is -0.242. The standard InChI is InChI=1S/C13H24O3/c1-6-12(15)9(3)8-10(4)13(7-2)16-11(5)14/h9-10,13H,6-8H2,1-5H3/t9-,10+,13+/m0/s1. The van der Waals surface area contributed by atoms with Crippen molar-refractivity contribution in [1.82, 2.24) is 0 Å². The summed E-state index contributed by atoms with van der Waals surface area (Å²) in [4.78, 5) is 22.4. The highest BCUT2D eigenvalue weighted by molar-refractivity contribution is 5.80. The van der Waals surface area contributed by atoms with E-state index in [4.69, 9.17) is 4.74 Å². The molecule has 0 aromatic heterocycles. The molecule has 0 amide bonds. The largest absolute Gasteiger partial charge is 0.462 e. The molecule has 3 nitrogen and oxygen atoms in total. The summed E-state index contributed by atoms with van der Waals surface area (Å²) in [5, 5.41) is 0. The molecule has 0 saturated heterocycles. The maximum Gasteiger partial charge on any atom is 0.302 e. The van der Waals surface area contributed by atoms with E-state index < -0.39 is 0 Å². The molecular weight excluding hydrogens is 204 g/mol. The lowest BCUT2D eigenvalue weighted by Gasteiger charge is -2.24. The van der Waals surface area contributed by atoms with E-state index in [0.717, 1.165) is 12.8 Å². The molecule has 0 aliphatic carbocycles. The number of carbonyl (C=O) groups is 2. The maximum absolute atomic E-state index is 11.5. The first-order chi connectivity index (χ1) is 7.42. The van der Waals surface area contributed by atoms with Crippen LogP contribution in [-0.4, -0.2) is 17.9 Å². The first kappa shape index (κ1) is 15.1. The molecule has 3 heteroatoms. The second kappa shape index (κ2) is 7.42. The number of rotatable bonds is 7. The Hall–Kier alpha value is -0.860. The summed E-state index contributed by atoms with van der Waals surface area (Å²) in [6.45, 7) is 9.29. The monoisotopic (exact) mass is 228 g/mol. The molecule has 94 valence electrons. The number of ether oxygens (including phenoxy) is 1. The predicted octanol–water partition coefficient (Wildman–Crippen LogP) is 2.97. The fraction of sp³-hybridized carbons (Fsp3) is 0.846. The Morgan fingerprint density at radius 2 is 1.75 bits per heavy atom. The SMILES string of the molecule is CCC(=O)[C@@H](C)C[C@@H](C)[C@@H](CC)OC(C)=O. The van der Waals surface area contributed by atoms with Crippen LogP contribution in [0.15, 0.2) is 0 Å². The highest BCUT2D eigenvalue weighted by Crippen LogP contribution is 2.21. The van der Waals surface area contributed by atoms with Crippen LogP contribution < -0.4 is 0 Å². The minimum absolute atomic E-state index is 0.0598. The molecule has 0 unspecified atom stereocenters. The summed E-state index contributed by atoms with van der Waals surface area (Å²) in [7, 11) is 0. The van der Waals surface area contributed by atoms with Gasteiger partial charge in [-0.05, 0) is 18.8 Å². The molecule has 0 aromatic carbocycles. The number of ketones is 1. The van der Waals surface area contributed by atoms with Gasteiger partial charge < -0.3 is 4.74 Å². The summed E-state index contributed by atoms with van der Waals surface area (Å²) in [6.07, 6.45) is 2.11. The minimum Gasteiger partial charge on any atom is -0.462 e. The Labute approximate surface area is 98.6 Å². The van der Waals surface area contributed by atoms with E-state index in [1.807, 2.05) is 27.7 Å². The van der Waals surface area contributed by atoms with E-state index in [2.05, 4.69) is 0 Å². The smallest absolute Gasteiger partial charge is 0.302 e. The molecule has 3 atom stereocenters. The summed E-state index contributed by atoms with van der Waals surface area (Å²) < 4.78 is 5.23. The first-order valence-corrected chi connectivity index (χ1v) is 6.12. The molecule has 0 aromatic rings.